The zero-order valence-corrected chi connectivity index (χ0v) is 11.6. The number of carboxylic acid groups (broad SMARTS) is 1. The van der Waals surface area contributed by atoms with Crippen molar-refractivity contribution in [2.75, 3.05) is 26.2 Å². The molecule has 0 spiro atoms. The van der Waals surface area contributed by atoms with Crippen LogP contribution in [0.15, 0.2) is 18.2 Å². The van der Waals surface area contributed by atoms with Crippen molar-refractivity contribution in [3.8, 4) is 0 Å². The summed E-state index contributed by atoms with van der Waals surface area (Å²) in [6.45, 7) is 2.78. The van der Waals surface area contributed by atoms with E-state index < -0.39 is 23.6 Å². The summed E-state index contributed by atoms with van der Waals surface area (Å²) in [6.07, 6.45) is 0. The second-order valence-electron chi connectivity index (χ2n) is 4.93. The van der Waals surface area contributed by atoms with Crippen LogP contribution in [0.1, 0.15) is 18.5 Å². The molecule has 1 aliphatic heterocycles. The van der Waals surface area contributed by atoms with E-state index in [-0.39, 0.29) is 11.5 Å². The number of benzene rings is 1. The van der Waals surface area contributed by atoms with Gasteiger partial charge in [0.05, 0.1) is 0 Å². The van der Waals surface area contributed by atoms with Crippen LogP contribution in [-0.2, 0) is 9.59 Å². The SMILES string of the molecule is CC(=O)N1CCN([C@@H](C(=O)O)c2cccc(F)c2F)CC1. The number of nitrogens with zero attached hydrogens (tertiary/aromatic N) is 2. The molecule has 1 aromatic rings. The molecular weight excluding hydrogens is 282 g/mol. The molecule has 2 rings (SSSR count). The molecule has 1 aromatic carbocycles. The molecule has 1 aliphatic rings. The smallest absolute Gasteiger partial charge is 0.325 e. The van der Waals surface area contributed by atoms with Crippen molar-refractivity contribution in [1.82, 2.24) is 9.80 Å². The lowest BCUT2D eigenvalue weighted by atomic mass is 10.0. The van der Waals surface area contributed by atoms with Crippen LogP contribution in [0.5, 0.6) is 0 Å². The Morgan fingerprint density at radius 1 is 1.19 bits per heavy atom. The molecule has 0 aromatic heterocycles. The number of rotatable bonds is 3. The van der Waals surface area contributed by atoms with E-state index in [0.29, 0.717) is 26.2 Å². The third-order valence-electron chi connectivity index (χ3n) is 3.63. The van der Waals surface area contributed by atoms with Crippen LogP contribution in [-0.4, -0.2) is 53.0 Å². The van der Waals surface area contributed by atoms with E-state index >= 15 is 0 Å². The topological polar surface area (TPSA) is 60.9 Å². The molecule has 21 heavy (non-hydrogen) atoms. The van der Waals surface area contributed by atoms with E-state index in [1.165, 1.54) is 19.1 Å². The molecule has 7 heteroatoms. The van der Waals surface area contributed by atoms with Gasteiger partial charge in [0.15, 0.2) is 11.6 Å². The summed E-state index contributed by atoms with van der Waals surface area (Å²) in [4.78, 5) is 25.9. The van der Waals surface area contributed by atoms with E-state index in [1.807, 2.05) is 0 Å². The van der Waals surface area contributed by atoms with Gasteiger partial charge in [0.25, 0.3) is 0 Å². The number of amides is 1. The number of carbonyl (C=O) groups is 2. The van der Waals surface area contributed by atoms with Gasteiger partial charge in [-0.1, -0.05) is 12.1 Å². The fourth-order valence-corrected chi connectivity index (χ4v) is 2.51. The summed E-state index contributed by atoms with van der Waals surface area (Å²) in [5.74, 6) is -3.53. The highest BCUT2D eigenvalue weighted by atomic mass is 19.2. The zero-order chi connectivity index (χ0) is 15.6. The van der Waals surface area contributed by atoms with Crippen molar-refractivity contribution in [2.45, 2.75) is 13.0 Å². The first-order valence-corrected chi connectivity index (χ1v) is 6.58. The molecule has 0 bridgehead atoms. The predicted molar refractivity (Wildman–Crippen MR) is 70.6 cm³/mol. The fourth-order valence-electron chi connectivity index (χ4n) is 2.51. The summed E-state index contributed by atoms with van der Waals surface area (Å²) in [6, 6.07) is 2.25. The Balaban J connectivity index is 2.23. The van der Waals surface area contributed by atoms with Crippen LogP contribution in [0.3, 0.4) is 0 Å². The number of carboxylic acids is 1. The molecule has 0 aliphatic carbocycles. The molecular formula is C14H16F2N2O3. The van der Waals surface area contributed by atoms with Crippen molar-refractivity contribution in [2.24, 2.45) is 0 Å². The molecule has 1 saturated heterocycles. The second-order valence-corrected chi connectivity index (χ2v) is 4.93. The van der Waals surface area contributed by atoms with Gasteiger partial charge in [-0.3, -0.25) is 14.5 Å². The van der Waals surface area contributed by atoms with Gasteiger partial charge < -0.3 is 10.0 Å². The Kier molecular flexibility index (Phi) is 4.52. The van der Waals surface area contributed by atoms with Gasteiger partial charge in [0.1, 0.15) is 6.04 Å². The monoisotopic (exact) mass is 298 g/mol. The predicted octanol–water partition coefficient (Wildman–Crippen LogP) is 1.25. The van der Waals surface area contributed by atoms with Gasteiger partial charge in [-0.2, -0.15) is 0 Å². The van der Waals surface area contributed by atoms with Gasteiger partial charge in [-0.15, -0.1) is 0 Å². The first-order valence-electron chi connectivity index (χ1n) is 6.58. The maximum atomic E-state index is 13.8. The minimum atomic E-state index is -1.25. The lowest BCUT2D eigenvalue weighted by molar-refractivity contribution is -0.145. The molecule has 1 N–H and O–H groups in total. The standard InChI is InChI=1S/C14H16F2N2O3/c1-9(19)17-5-7-18(8-6-17)13(14(20)21)10-3-2-4-11(15)12(10)16/h2-4,13H,5-8H2,1H3,(H,20,21)/t13-/m1/s1. The maximum Gasteiger partial charge on any atom is 0.325 e. The maximum absolute atomic E-state index is 13.8. The van der Waals surface area contributed by atoms with Gasteiger partial charge in [0, 0.05) is 38.7 Å². The fraction of sp³-hybridized carbons (Fsp3) is 0.429. The van der Waals surface area contributed by atoms with Crippen LogP contribution in [0.2, 0.25) is 0 Å². The summed E-state index contributed by atoms with van der Waals surface area (Å²) in [5, 5.41) is 9.36. The van der Waals surface area contributed by atoms with Crippen molar-refractivity contribution in [3.05, 3.63) is 35.4 Å². The van der Waals surface area contributed by atoms with Crippen LogP contribution in [0.25, 0.3) is 0 Å². The third-order valence-corrected chi connectivity index (χ3v) is 3.63. The Labute approximate surface area is 120 Å². The Bertz CT molecular complexity index is 557. The zero-order valence-electron chi connectivity index (χ0n) is 11.6. The normalized spacial score (nSPS) is 17.6. The number of aliphatic carboxylic acids is 1. The van der Waals surface area contributed by atoms with E-state index in [0.717, 1.165) is 6.07 Å². The lowest BCUT2D eigenvalue weighted by Gasteiger charge is -2.37. The van der Waals surface area contributed by atoms with Crippen LogP contribution < -0.4 is 0 Å². The van der Waals surface area contributed by atoms with Gasteiger partial charge in [-0.25, -0.2) is 8.78 Å². The van der Waals surface area contributed by atoms with Gasteiger partial charge in [0.2, 0.25) is 5.91 Å². The molecule has 0 saturated carbocycles. The molecule has 0 unspecified atom stereocenters. The van der Waals surface area contributed by atoms with Gasteiger partial charge >= 0.3 is 5.97 Å². The second kappa shape index (κ2) is 6.17. The number of hydrogen-bond donors (Lipinski definition) is 1. The number of carbonyl (C=O) groups excluding carboxylic acids is 1. The van der Waals surface area contributed by atoms with Crippen LogP contribution in [0.4, 0.5) is 8.78 Å². The molecule has 114 valence electrons. The van der Waals surface area contributed by atoms with Crippen LogP contribution >= 0.6 is 0 Å². The minimum Gasteiger partial charge on any atom is -0.480 e. The number of hydrogen-bond acceptors (Lipinski definition) is 3. The Morgan fingerprint density at radius 3 is 2.33 bits per heavy atom. The highest BCUT2D eigenvalue weighted by molar-refractivity contribution is 5.76. The highest BCUT2D eigenvalue weighted by Gasteiger charge is 2.33. The number of piperazine rings is 1. The Morgan fingerprint density at radius 2 is 1.81 bits per heavy atom. The Hall–Kier alpha value is -2.02. The molecule has 1 amide bonds. The van der Waals surface area contributed by atoms with Crippen molar-refractivity contribution < 1.29 is 23.5 Å². The van der Waals surface area contributed by atoms with E-state index in [4.69, 9.17) is 0 Å². The highest BCUT2D eigenvalue weighted by Crippen LogP contribution is 2.26. The largest absolute Gasteiger partial charge is 0.480 e. The summed E-state index contributed by atoms with van der Waals surface area (Å²) >= 11 is 0. The average molecular weight is 298 g/mol. The summed E-state index contributed by atoms with van der Waals surface area (Å²) in [7, 11) is 0. The van der Waals surface area contributed by atoms with Gasteiger partial charge in [-0.05, 0) is 6.07 Å². The van der Waals surface area contributed by atoms with Crippen molar-refractivity contribution in [1.29, 1.82) is 0 Å². The van der Waals surface area contributed by atoms with Crippen LogP contribution in [0, 0.1) is 11.6 Å². The van der Waals surface area contributed by atoms with Crippen molar-refractivity contribution >= 4 is 11.9 Å². The summed E-state index contributed by atoms with van der Waals surface area (Å²) < 4.78 is 27.1. The average Bonchev–Trinajstić information content (AvgIpc) is 2.44. The van der Waals surface area contributed by atoms with E-state index in [9.17, 15) is 23.5 Å². The molecule has 5 nitrogen and oxygen atoms in total. The van der Waals surface area contributed by atoms with E-state index in [1.54, 1.807) is 9.80 Å². The molecule has 1 fully saturated rings. The minimum absolute atomic E-state index is 0.0848. The summed E-state index contributed by atoms with van der Waals surface area (Å²) in [5.41, 5.74) is -0.196. The van der Waals surface area contributed by atoms with Crippen molar-refractivity contribution in [3.63, 3.8) is 0 Å². The quantitative estimate of drug-likeness (QED) is 0.912. The molecule has 1 atom stereocenters. The first kappa shape index (κ1) is 15.4. The molecule has 1 heterocycles. The lowest BCUT2D eigenvalue weighted by Crippen LogP contribution is -2.50. The van der Waals surface area contributed by atoms with E-state index in [2.05, 4.69) is 0 Å². The number of halogens is 2. The molecule has 0 radical (unpaired) electrons. The third kappa shape index (κ3) is 3.18. The first-order chi connectivity index (χ1) is 9.91.